The van der Waals surface area contributed by atoms with Crippen LogP contribution in [0.15, 0.2) is 24.3 Å². The van der Waals surface area contributed by atoms with Gasteiger partial charge in [-0.1, -0.05) is 13.8 Å². The van der Waals surface area contributed by atoms with E-state index in [2.05, 4.69) is 0 Å². The van der Waals surface area contributed by atoms with Crippen molar-refractivity contribution in [2.24, 2.45) is 5.41 Å². The molecule has 1 aromatic rings. The van der Waals surface area contributed by atoms with Crippen LogP contribution in [0.4, 0.5) is 10.5 Å². The van der Waals surface area contributed by atoms with Crippen molar-refractivity contribution in [2.45, 2.75) is 32.7 Å². The van der Waals surface area contributed by atoms with Crippen LogP contribution >= 0.6 is 0 Å². The number of fused-ring (bicyclic) bond motifs is 1. The van der Waals surface area contributed by atoms with Crippen molar-refractivity contribution < 1.29 is 9.59 Å². The molecule has 0 N–H and O–H groups in total. The molecular weight excluding hydrogens is 266 g/mol. The molecule has 0 radical (unpaired) electrons. The molecule has 0 aliphatic carbocycles. The van der Waals surface area contributed by atoms with Crippen molar-refractivity contribution in [2.75, 3.05) is 11.4 Å². The Labute approximate surface area is 123 Å². The number of carbonyl (C=O) groups is 2. The molecule has 1 unspecified atom stereocenters. The lowest BCUT2D eigenvalue weighted by Crippen LogP contribution is -2.49. The van der Waals surface area contributed by atoms with Gasteiger partial charge in [0.15, 0.2) is 0 Å². The Hall–Kier alpha value is -2.35. The van der Waals surface area contributed by atoms with E-state index >= 15 is 0 Å². The number of nitriles is 1. The molecule has 2 saturated heterocycles. The van der Waals surface area contributed by atoms with Crippen LogP contribution in [-0.2, 0) is 4.79 Å². The van der Waals surface area contributed by atoms with Gasteiger partial charge in [0.05, 0.1) is 17.3 Å². The highest BCUT2D eigenvalue weighted by atomic mass is 16.2. The predicted molar refractivity (Wildman–Crippen MR) is 77.5 cm³/mol. The fraction of sp³-hybridized carbons (Fsp3) is 0.438. The fourth-order valence-electron chi connectivity index (χ4n) is 3.33. The summed E-state index contributed by atoms with van der Waals surface area (Å²) in [6.07, 6.45) is 1.86. The summed E-state index contributed by atoms with van der Waals surface area (Å²) in [6, 6.07) is 7.96. The van der Waals surface area contributed by atoms with E-state index in [-0.39, 0.29) is 23.4 Å². The van der Waals surface area contributed by atoms with Crippen LogP contribution in [-0.4, -0.2) is 29.4 Å². The van der Waals surface area contributed by atoms with Crippen molar-refractivity contribution in [3.05, 3.63) is 29.8 Å². The SMILES string of the molecule is CC1(C)CCCN2C(=O)N(c3ccc(C#N)cc3)C(=O)C21. The summed E-state index contributed by atoms with van der Waals surface area (Å²) in [7, 11) is 0. The molecule has 1 atom stereocenters. The summed E-state index contributed by atoms with van der Waals surface area (Å²) in [5.41, 5.74) is 0.844. The monoisotopic (exact) mass is 283 g/mol. The number of benzene rings is 1. The average Bonchev–Trinajstić information content (AvgIpc) is 2.72. The lowest BCUT2D eigenvalue weighted by atomic mass is 9.77. The van der Waals surface area contributed by atoms with E-state index < -0.39 is 0 Å². The number of carbonyl (C=O) groups excluding carboxylic acids is 2. The third-order valence-corrected chi connectivity index (χ3v) is 4.42. The van der Waals surface area contributed by atoms with Gasteiger partial charge in [0.25, 0.3) is 5.91 Å². The van der Waals surface area contributed by atoms with E-state index in [0.717, 1.165) is 12.8 Å². The highest BCUT2D eigenvalue weighted by Gasteiger charge is 2.53. The Morgan fingerprint density at radius 1 is 1.24 bits per heavy atom. The van der Waals surface area contributed by atoms with Gasteiger partial charge in [-0.3, -0.25) is 4.79 Å². The maximum Gasteiger partial charge on any atom is 0.332 e. The third kappa shape index (κ3) is 1.99. The summed E-state index contributed by atoms with van der Waals surface area (Å²) in [5.74, 6) is -0.158. The van der Waals surface area contributed by atoms with E-state index in [0.29, 0.717) is 17.8 Å². The Morgan fingerprint density at radius 2 is 1.90 bits per heavy atom. The van der Waals surface area contributed by atoms with Crippen LogP contribution in [0.25, 0.3) is 0 Å². The third-order valence-electron chi connectivity index (χ3n) is 4.42. The van der Waals surface area contributed by atoms with Crippen LogP contribution in [0.2, 0.25) is 0 Å². The van der Waals surface area contributed by atoms with Gasteiger partial charge in [-0.05, 0) is 42.5 Å². The van der Waals surface area contributed by atoms with Crippen molar-refractivity contribution in [3.8, 4) is 6.07 Å². The van der Waals surface area contributed by atoms with E-state index in [1.54, 1.807) is 29.2 Å². The van der Waals surface area contributed by atoms with E-state index in [1.165, 1.54) is 4.90 Å². The topological polar surface area (TPSA) is 64.4 Å². The zero-order valence-corrected chi connectivity index (χ0v) is 12.2. The maximum absolute atomic E-state index is 12.7. The van der Waals surface area contributed by atoms with E-state index in [1.807, 2.05) is 19.9 Å². The molecule has 3 amide bonds. The second kappa shape index (κ2) is 4.59. The summed E-state index contributed by atoms with van der Waals surface area (Å²) >= 11 is 0. The first-order valence-corrected chi connectivity index (χ1v) is 7.10. The minimum Gasteiger partial charge on any atom is -0.311 e. The van der Waals surface area contributed by atoms with Gasteiger partial charge in [-0.2, -0.15) is 5.26 Å². The second-order valence-electron chi connectivity index (χ2n) is 6.30. The molecule has 1 aromatic carbocycles. The van der Waals surface area contributed by atoms with Gasteiger partial charge in [0.2, 0.25) is 0 Å². The largest absolute Gasteiger partial charge is 0.332 e. The minimum atomic E-state index is -0.380. The Bertz CT molecular complexity index is 642. The molecule has 5 nitrogen and oxygen atoms in total. The number of rotatable bonds is 1. The van der Waals surface area contributed by atoms with Crippen molar-refractivity contribution >= 4 is 17.6 Å². The zero-order chi connectivity index (χ0) is 15.2. The molecule has 0 saturated carbocycles. The lowest BCUT2D eigenvalue weighted by molar-refractivity contribution is -0.124. The molecule has 108 valence electrons. The Balaban J connectivity index is 1.98. The van der Waals surface area contributed by atoms with Gasteiger partial charge >= 0.3 is 6.03 Å². The predicted octanol–water partition coefficient (Wildman–Crippen LogP) is 2.52. The van der Waals surface area contributed by atoms with E-state index in [9.17, 15) is 9.59 Å². The molecule has 0 spiro atoms. The summed E-state index contributed by atoms with van der Waals surface area (Å²) in [4.78, 5) is 28.2. The van der Waals surface area contributed by atoms with Crippen LogP contribution in [0.3, 0.4) is 0 Å². The number of hydrogen-bond acceptors (Lipinski definition) is 3. The van der Waals surface area contributed by atoms with Gasteiger partial charge in [0, 0.05) is 6.54 Å². The van der Waals surface area contributed by atoms with Gasteiger partial charge in [-0.25, -0.2) is 9.69 Å². The van der Waals surface area contributed by atoms with Gasteiger partial charge < -0.3 is 4.90 Å². The number of imide groups is 1. The molecule has 2 heterocycles. The summed E-state index contributed by atoms with van der Waals surface area (Å²) in [5, 5.41) is 8.83. The first-order chi connectivity index (χ1) is 9.95. The first kappa shape index (κ1) is 13.6. The zero-order valence-electron chi connectivity index (χ0n) is 12.2. The Kier molecular flexibility index (Phi) is 2.98. The van der Waals surface area contributed by atoms with Crippen molar-refractivity contribution in [3.63, 3.8) is 0 Å². The molecule has 3 rings (SSSR count). The van der Waals surface area contributed by atoms with Crippen molar-refractivity contribution in [1.82, 2.24) is 4.90 Å². The number of urea groups is 1. The molecule has 2 aliphatic heterocycles. The maximum atomic E-state index is 12.7. The Morgan fingerprint density at radius 3 is 2.48 bits per heavy atom. The molecule has 0 bridgehead atoms. The van der Waals surface area contributed by atoms with Gasteiger partial charge in [0.1, 0.15) is 6.04 Å². The highest BCUT2D eigenvalue weighted by molar-refractivity contribution is 6.21. The van der Waals surface area contributed by atoms with Crippen LogP contribution in [0.1, 0.15) is 32.3 Å². The normalized spacial score (nSPS) is 24.0. The summed E-state index contributed by atoms with van der Waals surface area (Å²) in [6.45, 7) is 4.71. The second-order valence-corrected chi connectivity index (χ2v) is 6.30. The number of amides is 3. The van der Waals surface area contributed by atoms with E-state index in [4.69, 9.17) is 5.26 Å². The van der Waals surface area contributed by atoms with Crippen LogP contribution < -0.4 is 4.90 Å². The fourth-order valence-corrected chi connectivity index (χ4v) is 3.33. The number of hydrogen-bond donors (Lipinski definition) is 0. The first-order valence-electron chi connectivity index (χ1n) is 7.10. The molecule has 21 heavy (non-hydrogen) atoms. The molecule has 5 heteroatoms. The smallest absolute Gasteiger partial charge is 0.311 e. The number of piperidine rings is 1. The molecule has 0 aromatic heterocycles. The number of nitrogens with zero attached hydrogens (tertiary/aromatic N) is 3. The average molecular weight is 283 g/mol. The highest BCUT2D eigenvalue weighted by Crippen LogP contribution is 2.41. The standard InChI is InChI=1S/C16H17N3O2/c1-16(2)8-3-9-18-13(16)14(20)19(15(18)21)12-6-4-11(10-17)5-7-12/h4-7,13H,3,8-9H2,1-2H3. The van der Waals surface area contributed by atoms with Gasteiger partial charge in [-0.15, -0.1) is 0 Å². The van der Waals surface area contributed by atoms with Crippen LogP contribution in [0.5, 0.6) is 0 Å². The van der Waals surface area contributed by atoms with Crippen molar-refractivity contribution in [1.29, 1.82) is 5.26 Å². The summed E-state index contributed by atoms with van der Waals surface area (Å²) < 4.78 is 0. The molecule has 2 fully saturated rings. The quantitative estimate of drug-likeness (QED) is 0.744. The molecular formula is C16H17N3O2. The van der Waals surface area contributed by atoms with Crippen LogP contribution in [0, 0.1) is 16.7 Å². The minimum absolute atomic E-state index is 0.158. The number of anilines is 1. The molecule has 2 aliphatic rings. The lowest BCUT2D eigenvalue weighted by Gasteiger charge is -2.39.